The zero-order valence-electron chi connectivity index (χ0n) is 13.5. The van der Waals surface area contributed by atoms with Crippen molar-refractivity contribution >= 4 is 6.09 Å². The number of carbonyl (C=O) groups excluding carboxylic acids is 1. The second-order valence-corrected chi connectivity index (χ2v) is 7.18. The number of hydrogen-bond acceptors (Lipinski definition) is 4. The lowest BCUT2D eigenvalue weighted by Crippen LogP contribution is -2.67. The number of rotatable bonds is 1. The molecule has 1 aliphatic heterocycles. The van der Waals surface area contributed by atoms with Crippen LogP contribution < -0.4 is 5.32 Å². The summed E-state index contributed by atoms with van der Waals surface area (Å²) >= 11 is 0. The van der Waals surface area contributed by atoms with Crippen LogP contribution in [0.1, 0.15) is 40.0 Å². The Morgan fingerprint density at radius 1 is 1.30 bits per heavy atom. The van der Waals surface area contributed by atoms with Gasteiger partial charge in [0.2, 0.25) is 0 Å². The van der Waals surface area contributed by atoms with Crippen LogP contribution in [0.4, 0.5) is 4.79 Å². The number of hydrogen-bond donors (Lipinski definition) is 1. The zero-order chi connectivity index (χ0) is 14.9. The van der Waals surface area contributed by atoms with E-state index in [4.69, 9.17) is 4.74 Å². The van der Waals surface area contributed by atoms with E-state index in [0.717, 1.165) is 19.5 Å². The number of nitrogens with one attached hydrogen (secondary N) is 1. The minimum Gasteiger partial charge on any atom is -0.444 e. The van der Waals surface area contributed by atoms with E-state index < -0.39 is 5.60 Å². The molecular weight excluding hydrogens is 254 g/mol. The molecule has 2 aliphatic rings. The molecule has 20 heavy (non-hydrogen) atoms. The molecule has 0 aromatic heterocycles. The molecule has 0 aromatic rings. The van der Waals surface area contributed by atoms with Crippen molar-refractivity contribution in [1.82, 2.24) is 15.1 Å². The Morgan fingerprint density at radius 2 is 2.00 bits per heavy atom. The number of piperazine rings is 1. The topological polar surface area (TPSA) is 44.8 Å². The molecule has 1 amide bonds. The largest absolute Gasteiger partial charge is 0.444 e. The monoisotopic (exact) mass is 283 g/mol. The van der Waals surface area contributed by atoms with Crippen LogP contribution in [0.25, 0.3) is 0 Å². The normalized spacial score (nSPS) is 31.1. The standard InChI is InChI=1S/C15H29N3O2/c1-15(2,3)20-14(19)18-10-9-16-13-11(17(4)5)7-6-8-12(13)18/h11-13,16H,6-10H2,1-5H3. The quantitative estimate of drug-likeness (QED) is 0.795. The summed E-state index contributed by atoms with van der Waals surface area (Å²) in [6.45, 7) is 7.37. The fraction of sp³-hybridized carbons (Fsp3) is 0.933. The molecule has 1 saturated heterocycles. The smallest absolute Gasteiger partial charge is 0.410 e. The van der Waals surface area contributed by atoms with Crippen molar-refractivity contribution in [2.75, 3.05) is 27.2 Å². The van der Waals surface area contributed by atoms with Gasteiger partial charge in [0.1, 0.15) is 5.60 Å². The number of fused-ring (bicyclic) bond motifs is 1. The number of amides is 1. The van der Waals surface area contributed by atoms with Crippen molar-refractivity contribution < 1.29 is 9.53 Å². The SMILES string of the molecule is CN(C)C1CCCC2C1NCCN2C(=O)OC(C)(C)C. The van der Waals surface area contributed by atoms with Gasteiger partial charge in [0.25, 0.3) is 0 Å². The van der Waals surface area contributed by atoms with Gasteiger partial charge in [-0.2, -0.15) is 0 Å². The fourth-order valence-corrected chi connectivity index (χ4v) is 3.42. The first-order chi connectivity index (χ1) is 9.29. The second kappa shape index (κ2) is 5.90. The average molecular weight is 283 g/mol. The van der Waals surface area contributed by atoms with Crippen molar-refractivity contribution in [2.24, 2.45) is 0 Å². The summed E-state index contributed by atoms with van der Waals surface area (Å²) in [6.07, 6.45) is 3.28. The Hall–Kier alpha value is -0.810. The lowest BCUT2D eigenvalue weighted by Gasteiger charge is -2.49. The van der Waals surface area contributed by atoms with Crippen LogP contribution in [0.15, 0.2) is 0 Å². The maximum Gasteiger partial charge on any atom is 0.410 e. The summed E-state index contributed by atoms with van der Waals surface area (Å²) < 4.78 is 5.57. The Balaban J connectivity index is 2.09. The van der Waals surface area contributed by atoms with E-state index in [9.17, 15) is 4.79 Å². The van der Waals surface area contributed by atoms with E-state index in [0.29, 0.717) is 12.1 Å². The predicted molar refractivity (Wildman–Crippen MR) is 79.8 cm³/mol. The van der Waals surface area contributed by atoms with Gasteiger partial charge in [-0.25, -0.2) is 4.79 Å². The average Bonchev–Trinajstić information content (AvgIpc) is 2.35. The summed E-state index contributed by atoms with van der Waals surface area (Å²) in [6, 6.07) is 1.12. The molecule has 116 valence electrons. The highest BCUT2D eigenvalue weighted by Crippen LogP contribution is 2.29. The summed E-state index contributed by atoms with van der Waals surface area (Å²) in [4.78, 5) is 16.6. The molecule has 2 rings (SSSR count). The Labute approximate surface area is 122 Å². The maximum atomic E-state index is 12.4. The second-order valence-electron chi connectivity index (χ2n) is 7.18. The third kappa shape index (κ3) is 3.44. The summed E-state index contributed by atoms with van der Waals surface area (Å²) in [5.74, 6) is 0. The lowest BCUT2D eigenvalue weighted by atomic mass is 9.83. The van der Waals surface area contributed by atoms with Gasteiger partial charge in [-0.1, -0.05) is 0 Å². The van der Waals surface area contributed by atoms with Crippen molar-refractivity contribution in [3.63, 3.8) is 0 Å². The van der Waals surface area contributed by atoms with Gasteiger partial charge in [-0.05, 0) is 54.1 Å². The van der Waals surface area contributed by atoms with Crippen LogP contribution in [0.5, 0.6) is 0 Å². The van der Waals surface area contributed by atoms with Crippen LogP contribution in [-0.2, 0) is 4.74 Å². The Bertz CT molecular complexity index is 352. The maximum absolute atomic E-state index is 12.4. The molecule has 2 fully saturated rings. The van der Waals surface area contributed by atoms with Gasteiger partial charge >= 0.3 is 6.09 Å². The van der Waals surface area contributed by atoms with E-state index in [1.54, 1.807) is 0 Å². The molecule has 0 bridgehead atoms. The van der Waals surface area contributed by atoms with Crippen LogP contribution in [0.3, 0.4) is 0 Å². The minimum absolute atomic E-state index is 0.159. The molecule has 1 heterocycles. The predicted octanol–water partition coefficient (Wildman–Crippen LogP) is 1.68. The molecule has 0 radical (unpaired) electrons. The highest BCUT2D eigenvalue weighted by Gasteiger charge is 2.42. The van der Waals surface area contributed by atoms with Gasteiger partial charge < -0.3 is 19.9 Å². The molecule has 1 saturated carbocycles. The van der Waals surface area contributed by atoms with Gasteiger partial charge in [-0.15, -0.1) is 0 Å². The Kier molecular flexibility index (Phi) is 4.59. The van der Waals surface area contributed by atoms with E-state index in [1.165, 1.54) is 12.8 Å². The van der Waals surface area contributed by atoms with Gasteiger partial charge in [0.15, 0.2) is 0 Å². The molecule has 1 N–H and O–H groups in total. The molecule has 3 unspecified atom stereocenters. The van der Waals surface area contributed by atoms with Gasteiger partial charge in [0, 0.05) is 25.2 Å². The molecule has 3 atom stereocenters. The molecule has 1 aliphatic carbocycles. The van der Waals surface area contributed by atoms with Gasteiger partial charge in [0.05, 0.1) is 6.04 Å². The number of nitrogens with zero attached hydrogens (tertiary/aromatic N) is 2. The minimum atomic E-state index is -0.424. The first-order valence-corrected chi connectivity index (χ1v) is 7.69. The summed E-state index contributed by atoms with van der Waals surface area (Å²) in [7, 11) is 4.25. The highest BCUT2D eigenvalue weighted by atomic mass is 16.6. The van der Waals surface area contributed by atoms with Crippen molar-refractivity contribution in [3.05, 3.63) is 0 Å². The van der Waals surface area contributed by atoms with E-state index >= 15 is 0 Å². The lowest BCUT2D eigenvalue weighted by molar-refractivity contribution is -0.0101. The van der Waals surface area contributed by atoms with Crippen molar-refractivity contribution in [3.8, 4) is 0 Å². The highest BCUT2D eigenvalue weighted by molar-refractivity contribution is 5.69. The van der Waals surface area contributed by atoms with Crippen molar-refractivity contribution in [2.45, 2.75) is 63.8 Å². The molecule has 0 spiro atoms. The van der Waals surface area contributed by atoms with E-state index in [1.807, 2.05) is 25.7 Å². The van der Waals surface area contributed by atoms with Crippen LogP contribution in [-0.4, -0.2) is 66.8 Å². The van der Waals surface area contributed by atoms with Crippen molar-refractivity contribution in [1.29, 1.82) is 0 Å². The molecule has 0 aromatic carbocycles. The van der Waals surface area contributed by atoms with Crippen LogP contribution in [0.2, 0.25) is 0 Å². The van der Waals surface area contributed by atoms with Crippen LogP contribution >= 0.6 is 0 Å². The number of carbonyl (C=O) groups is 1. The third-order valence-corrected chi connectivity index (χ3v) is 4.25. The zero-order valence-corrected chi connectivity index (χ0v) is 13.5. The van der Waals surface area contributed by atoms with Crippen LogP contribution in [0, 0.1) is 0 Å². The van der Waals surface area contributed by atoms with Gasteiger partial charge in [-0.3, -0.25) is 0 Å². The fourth-order valence-electron chi connectivity index (χ4n) is 3.42. The first-order valence-electron chi connectivity index (χ1n) is 7.69. The van der Waals surface area contributed by atoms with E-state index in [-0.39, 0.29) is 12.1 Å². The summed E-state index contributed by atoms with van der Waals surface area (Å²) in [5.41, 5.74) is -0.424. The first kappa shape index (κ1) is 15.6. The molecule has 5 heteroatoms. The Morgan fingerprint density at radius 3 is 2.60 bits per heavy atom. The summed E-state index contributed by atoms with van der Waals surface area (Å²) in [5, 5.41) is 3.61. The number of likely N-dealkylation sites (N-methyl/N-ethyl adjacent to an activating group) is 1. The molecular formula is C15H29N3O2. The van der Waals surface area contributed by atoms with E-state index in [2.05, 4.69) is 24.3 Å². The molecule has 5 nitrogen and oxygen atoms in total. The number of ether oxygens (including phenoxy) is 1. The third-order valence-electron chi connectivity index (χ3n) is 4.25.